The number of furan rings is 1. The molecule has 0 saturated heterocycles. The fourth-order valence-corrected chi connectivity index (χ4v) is 2.33. The average Bonchev–Trinajstić information content (AvgIpc) is 2.97. The molecule has 2 heterocycles. The van der Waals surface area contributed by atoms with Crippen molar-refractivity contribution in [2.45, 2.75) is 12.8 Å². The minimum absolute atomic E-state index is 0.118. The number of aryl methyl sites for hydroxylation is 1. The lowest BCUT2D eigenvalue weighted by Gasteiger charge is -2.26. The predicted octanol–water partition coefficient (Wildman–Crippen LogP) is 2.44. The van der Waals surface area contributed by atoms with Gasteiger partial charge in [0.05, 0.1) is 11.8 Å². The van der Waals surface area contributed by atoms with Crippen LogP contribution in [0.5, 0.6) is 0 Å². The SMILES string of the molecule is CN1C(=O)CCc2cc(NC(=O)c3ccoc3)ccc21. The summed E-state index contributed by atoms with van der Waals surface area (Å²) >= 11 is 0. The van der Waals surface area contributed by atoms with Crippen molar-refractivity contribution in [3.05, 3.63) is 47.9 Å². The van der Waals surface area contributed by atoms with Crippen molar-refractivity contribution in [3.8, 4) is 0 Å². The van der Waals surface area contributed by atoms with Crippen LogP contribution in [0.25, 0.3) is 0 Å². The summed E-state index contributed by atoms with van der Waals surface area (Å²) in [4.78, 5) is 25.2. The smallest absolute Gasteiger partial charge is 0.258 e. The van der Waals surface area contributed by atoms with Crippen LogP contribution in [0.15, 0.2) is 41.2 Å². The molecule has 20 heavy (non-hydrogen) atoms. The molecule has 1 aliphatic heterocycles. The predicted molar refractivity (Wildman–Crippen MR) is 74.8 cm³/mol. The summed E-state index contributed by atoms with van der Waals surface area (Å²) in [5.41, 5.74) is 3.17. The van der Waals surface area contributed by atoms with Gasteiger partial charge in [-0.15, -0.1) is 0 Å². The van der Waals surface area contributed by atoms with Gasteiger partial charge in [-0.3, -0.25) is 9.59 Å². The number of nitrogens with one attached hydrogen (secondary N) is 1. The third-order valence-electron chi connectivity index (χ3n) is 3.46. The van der Waals surface area contributed by atoms with Gasteiger partial charge in [0.25, 0.3) is 5.91 Å². The molecule has 0 spiro atoms. The third kappa shape index (κ3) is 2.18. The van der Waals surface area contributed by atoms with E-state index in [9.17, 15) is 9.59 Å². The maximum absolute atomic E-state index is 11.9. The molecule has 0 bridgehead atoms. The summed E-state index contributed by atoms with van der Waals surface area (Å²) in [5, 5.41) is 2.82. The monoisotopic (exact) mass is 270 g/mol. The highest BCUT2D eigenvalue weighted by atomic mass is 16.3. The van der Waals surface area contributed by atoms with Crippen molar-refractivity contribution in [3.63, 3.8) is 0 Å². The summed E-state index contributed by atoms with van der Waals surface area (Å²) in [6.07, 6.45) is 4.07. The highest BCUT2D eigenvalue weighted by Gasteiger charge is 2.21. The maximum atomic E-state index is 11.9. The molecule has 1 aromatic carbocycles. The lowest BCUT2D eigenvalue weighted by atomic mass is 10.0. The zero-order chi connectivity index (χ0) is 14.1. The molecule has 0 atom stereocenters. The summed E-state index contributed by atoms with van der Waals surface area (Å²) in [5.74, 6) is -0.0911. The Morgan fingerprint density at radius 2 is 2.15 bits per heavy atom. The van der Waals surface area contributed by atoms with Gasteiger partial charge in [-0.2, -0.15) is 0 Å². The van der Waals surface area contributed by atoms with Gasteiger partial charge >= 0.3 is 0 Å². The number of anilines is 2. The van der Waals surface area contributed by atoms with Gasteiger partial charge in [0, 0.05) is 24.8 Å². The van der Waals surface area contributed by atoms with Crippen LogP contribution in [0.4, 0.5) is 11.4 Å². The van der Waals surface area contributed by atoms with Crippen molar-refractivity contribution in [1.82, 2.24) is 0 Å². The second-order valence-electron chi connectivity index (χ2n) is 4.76. The van der Waals surface area contributed by atoms with Gasteiger partial charge < -0.3 is 14.6 Å². The Labute approximate surface area is 116 Å². The Morgan fingerprint density at radius 3 is 2.90 bits per heavy atom. The third-order valence-corrected chi connectivity index (χ3v) is 3.46. The molecular weight excluding hydrogens is 256 g/mol. The van der Waals surface area contributed by atoms with Gasteiger partial charge in [0.15, 0.2) is 0 Å². The Morgan fingerprint density at radius 1 is 1.30 bits per heavy atom. The first kappa shape index (κ1) is 12.5. The van der Waals surface area contributed by atoms with Crippen LogP contribution in [-0.4, -0.2) is 18.9 Å². The molecule has 2 aromatic rings. The first-order valence-corrected chi connectivity index (χ1v) is 6.38. The molecule has 5 heteroatoms. The molecule has 0 radical (unpaired) electrons. The van der Waals surface area contributed by atoms with E-state index in [1.807, 2.05) is 12.1 Å². The van der Waals surface area contributed by atoms with E-state index in [1.165, 1.54) is 12.5 Å². The molecule has 1 aliphatic rings. The van der Waals surface area contributed by atoms with Crippen molar-refractivity contribution in [1.29, 1.82) is 0 Å². The number of benzene rings is 1. The lowest BCUT2D eigenvalue weighted by molar-refractivity contribution is -0.118. The van der Waals surface area contributed by atoms with Crippen molar-refractivity contribution < 1.29 is 14.0 Å². The Balaban J connectivity index is 1.83. The molecule has 0 aliphatic carbocycles. The Kier molecular flexibility index (Phi) is 3.02. The fraction of sp³-hybridized carbons (Fsp3) is 0.200. The molecular formula is C15H14N2O3. The molecule has 0 unspecified atom stereocenters. The van der Waals surface area contributed by atoms with Crippen LogP contribution in [0, 0.1) is 0 Å². The Hall–Kier alpha value is -2.56. The van der Waals surface area contributed by atoms with E-state index < -0.39 is 0 Å². The summed E-state index contributed by atoms with van der Waals surface area (Å²) in [6, 6.07) is 7.18. The molecule has 1 aromatic heterocycles. The van der Waals surface area contributed by atoms with Crippen LogP contribution >= 0.6 is 0 Å². The molecule has 3 rings (SSSR count). The van der Waals surface area contributed by atoms with Gasteiger partial charge in [0.2, 0.25) is 5.91 Å². The number of hydrogen-bond donors (Lipinski definition) is 1. The van der Waals surface area contributed by atoms with E-state index >= 15 is 0 Å². The lowest BCUT2D eigenvalue weighted by Crippen LogP contribution is -2.31. The average molecular weight is 270 g/mol. The van der Waals surface area contributed by atoms with Gasteiger partial charge in [-0.1, -0.05) is 0 Å². The fourth-order valence-electron chi connectivity index (χ4n) is 2.33. The first-order chi connectivity index (χ1) is 9.65. The molecule has 2 amide bonds. The van der Waals surface area contributed by atoms with E-state index in [0.29, 0.717) is 18.4 Å². The normalized spacial score (nSPS) is 14.1. The van der Waals surface area contributed by atoms with E-state index in [1.54, 1.807) is 24.1 Å². The number of carbonyl (C=O) groups is 2. The number of carbonyl (C=O) groups excluding carboxylic acids is 2. The van der Waals surface area contributed by atoms with E-state index in [4.69, 9.17) is 4.42 Å². The van der Waals surface area contributed by atoms with Crippen molar-refractivity contribution >= 4 is 23.2 Å². The van der Waals surface area contributed by atoms with Crippen molar-refractivity contribution in [2.75, 3.05) is 17.3 Å². The highest BCUT2D eigenvalue weighted by Crippen LogP contribution is 2.29. The van der Waals surface area contributed by atoms with Gasteiger partial charge in [-0.05, 0) is 36.2 Å². The zero-order valence-corrected chi connectivity index (χ0v) is 11.1. The van der Waals surface area contributed by atoms with Crippen LogP contribution in [0.2, 0.25) is 0 Å². The molecule has 5 nitrogen and oxygen atoms in total. The molecule has 1 N–H and O–H groups in total. The summed E-state index contributed by atoms with van der Waals surface area (Å²) in [6.45, 7) is 0. The minimum atomic E-state index is -0.209. The largest absolute Gasteiger partial charge is 0.472 e. The van der Waals surface area contributed by atoms with Gasteiger partial charge in [0.1, 0.15) is 6.26 Å². The van der Waals surface area contributed by atoms with Gasteiger partial charge in [-0.25, -0.2) is 0 Å². The Bertz CT molecular complexity index is 662. The molecule has 0 fully saturated rings. The molecule has 0 saturated carbocycles. The summed E-state index contributed by atoms with van der Waals surface area (Å²) in [7, 11) is 1.77. The van der Waals surface area contributed by atoms with Crippen LogP contribution < -0.4 is 10.2 Å². The van der Waals surface area contributed by atoms with Crippen LogP contribution in [0.3, 0.4) is 0 Å². The number of rotatable bonds is 2. The van der Waals surface area contributed by atoms with E-state index in [-0.39, 0.29) is 11.8 Å². The molecule has 102 valence electrons. The number of hydrogen-bond acceptors (Lipinski definition) is 3. The van der Waals surface area contributed by atoms with Crippen molar-refractivity contribution in [2.24, 2.45) is 0 Å². The standard InChI is InChI=1S/C15H14N2O3/c1-17-13-4-3-12(8-10(13)2-5-14(17)18)16-15(19)11-6-7-20-9-11/h3-4,6-9H,2,5H2,1H3,(H,16,19). The number of fused-ring (bicyclic) bond motifs is 1. The minimum Gasteiger partial charge on any atom is -0.472 e. The van der Waals surface area contributed by atoms with E-state index in [2.05, 4.69) is 5.32 Å². The maximum Gasteiger partial charge on any atom is 0.258 e. The summed E-state index contributed by atoms with van der Waals surface area (Å²) < 4.78 is 4.88. The van der Waals surface area contributed by atoms with Crippen LogP contribution in [-0.2, 0) is 11.2 Å². The van der Waals surface area contributed by atoms with Crippen LogP contribution in [0.1, 0.15) is 22.3 Å². The second kappa shape index (κ2) is 4.85. The second-order valence-corrected chi connectivity index (χ2v) is 4.76. The zero-order valence-electron chi connectivity index (χ0n) is 11.1. The topological polar surface area (TPSA) is 62.6 Å². The highest BCUT2D eigenvalue weighted by molar-refractivity contribution is 6.04. The van der Waals surface area contributed by atoms with E-state index in [0.717, 1.165) is 16.9 Å². The quantitative estimate of drug-likeness (QED) is 0.911. The number of amides is 2. The number of nitrogens with zero attached hydrogens (tertiary/aromatic N) is 1. The first-order valence-electron chi connectivity index (χ1n) is 6.38.